The molecule has 5 nitrogen and oxygen atoms in total. The van der Waals surface area contributed by atoms with Crippen LogP contribution >= 0.6 is 23.6 Å². The molecule has 0 bridgehead atoms. The first-order chi connectivity index (χ1) is 12.5. The van der Waals surface area contributed by atoms with Crippen molar-refractivity contribution in [2.75, 3.05) is 0 Å². The molecular formula is C19H13N3O2S2. The second-order valence-electron chi connectivity index (χ2n) is 5.71. The summed E-state index contributed by atoms with van der Waals surface area (Å²) >= 11 is 6.68. The number of carbonyl (C=O) groups excluding carboxylic acids is 1. The minimum absolute atomic E-state index is 0.0101. The Bertz CT molecular complexity index is 1200. The van der Waals surface area contributed by atoms with E-state index in [0.29, 0.717) is 25.9 Å². The number of fused-ring (bicyclic) bond motifs is 1. The van der Waals surface area contributed by atoms with Crippen LogP contribution < -0.4 is 10.7 Å². The molecule has 1 aliphatic rings. The number of benzene rings is 2. The highest BCUT2D eigenvalue weighted by Crippen LogP contribution is 2.32. The predicted octanol–water partition coefficient (Wildman–Crippen LogP) is 3.43. The summed E-state index contributed by atoms with van der Waals surface area (Å²) in [6.45, 7) is 1.51. The van der Waals surface area contributed by atoms with Gasteiger partial charge in [-0.15, -0.1) is 11.3 Å². The van der Waals surface area contributed by atoms with Crippen LogP contribution in [0, 0.1) is 3.95 Å². The van der Waals surface area contributed by atoms with Gasteiger partial charge in [0, 0.05) is 11.6 Å². The van der Waals surface area contributed by atoms with Crippen LogP contribution in [0.3, 0.4) is 0 Å². The Kier molecular flexibility index (Phi) is 4.10. The Morgan fingerprint density at radius 3 is 2.31 bits per heavy atom. The molecule has 1 N–H and O–H groups in total. The van der Waals surface area contributed by atoms with Crippen molar-refractivity contribution in [1.82, 2.24) is 4.57 Å². The molecular weight excluding hydrogens is 366 g/mol. The summed E-state index contributed by atoms with van der Waals surface area (Å²) in [5.41, 5.74) is 1.31. The fourth-order valence-corrected chi connectivity index (χ4v) is 3.94. The molecule has 1 aromatic heterocycles. The molecule has 0 aliphatic carbocycles. The maximum Gasteiger partial charge on any atom is 0.215 e. The van der Waals surface area contributed by atoms with Crippen LogP contribution in [0.1, 0.15) is 22.2 Å². The lowest BCUT2D eigenvalue weighted by molar-refractivity contribution is 0.101. The predicted molar refractivity (Wildman–Crippen MR) is 103 cm³/mol. The van der Waals surface area contributed by atoms with Gasteiger partial charge in [0.15, 0.2) is 15.6 Å². The Morgan fingerprint density at radius 2 is 1.73 bits per heavy atom. The van der Waals surface area contributed by atoms with Crippen molar-refractivity contribution in [3.05, 3.63) is 79.5 Å². The van der Waals surface area contributed by atoms with Gasteiger partial charge in [0.1, 0.15) is 0 Å². The van der Waals surface area contributed by atoms with E-state index >= 15 is 0 Å². The molecule has 7 heteroatoms. The largest absolute Gasteiger partial charge is 0.493 e. The minimum Gasteiger partial charge on any atom is -0.493 e. The number of aromatic hydroxyl groups is 1. The summed E-state index contributed by atoms with van der Waals surface area (Å²) in [6.07, 6.45) is 1.72. The summed E-state index contributed by atoms with van der Waals surface area (Å²) in [5, 5.41) is 12.2. The number of para-hydroxylation sites is 2. The zero-order valence-corrected chi connectivity index (χ0v) is 15.3. The SMILES string of the molecule is CC(=O)c1ccc(-n2c(O)c(C=C3N=c4ccccc4=N3)sc2=S)cc1. The van der Waals surface area contributed by atoms with Crippen LogP contribution in [0.5, 0.6) is 5.88 Å². The summed E-state index contributed by atoms with van der Waals surface area (Å²) in [5.74, 6) is 0.547. The van der Waals surface area contributed by atoms with Crippen molar-refractivity contribution in [1.29, 1.82) is 0 Å². The Labute approximate surface area is 157 Å². The lowest BCUT2D eigenvalue weighted by Crippen LogP contribution is -2.19. The first-order valence-corrected chi connectivity index (χ1v) is 9.06. The summed E-state index contributed by atoms with van der Waals surface area (Å²) in [6, 6.07) is 14.5. The molecule has 2 heterocycles. The second-order valence-corrected chi connectivity index (χ2v) is 7.38. The van der Waals surface area contributed by atoms with E-state index < -0.39 is 0 Å². The highest BCUT2D eigenvalue weighted by atomic mass is 32.1. The highest BCUT2D eigenvalue weighted by Gasteiger charge is 2.14. The Morgan fingerprint density at radius 1 is 1.12 bits per heavy atom. The Hall–Kier alpha value is -2.90. The smallest absolute Gasteiger partial charge is 0.215 e. The van der Waals surface area contributed by atoms with Gasteiger partial charge < -0.3 is 5.11 Å². The topological polar surface area (TPSA) is 67.0 Å². The molecule has 128 valence electrons. The van der Waals surface area contributed by atoms with Crippen LogP contribution in [-0.4, -0.2) is 15.5 Å². The number of carbonyl (C=O) groups is 1. The molecule has 0 radical (unpaired) electrons. The quantitative estimate of drug-likeness (QED) is 0.560. The third-order valence-electron chi connectivity index (χ3n) is 3.96. The van der Waals surface area contributed by atoms with Gasteiger partial charge >= 0.3 is 0 Å². The van der Waals surface area contributed by atoms with E-state index in [2.05, 4.69) is 9.98 Å². The van der Waals surface area contributed by atoms with Gasteiger partial charge in [0.05, 0.1) is 21.3 Å². The third kappa shape index (κ3) is 2.91. The van der Waals surface area contributed by atoms with Crippen molar-refractivity contribution < 1.29 is 9.90 Å². The summed E-state index contributed by atoms with van der Waals surface area (Å²) in [7, 11) is 0. The van der Waals surface area contributed by atoms with E-state index in [-0.39, 0.29) is 11.7 Å². The molecule has 3 aromatic rings. The summed E-state index contributed by atoms with van der Waals surface area (Å²) < 4.78 is 2.07. The summed E-state index contributed by atoms with van der Waals surface area (Å²) in [4.78, 5) is 20.9. The van der Waals surface area contributed by atoms with Crippen LogP contribution in [0.25, 0.3) is 11.8 Å². The van der Waals surface area contributed by atoms with Crippen molar-refractivity contribution in [3.63, 3.8) is 0 Å². The van der Waals surface area contributed by atoms with Crippen LogP contribution in [0.4, 0.5) is 0 Å². The van der Waals surface area contributed by atoms with Crippen molar-refractivity contribution in [3.8, 4) is 11.6 Å². The lowest BCUT2D eigenvalue weighted by atomic mass is 10.1. The molecule has 2 aromatic carbocycles. The number of ketones is 1. The van der Waals surface area contributed by atoms with Crippen LogP contribution in [0.15, 0.2) is 64.3 Å². The zero-order chi connectivity index (χ0) is 18.3. The van der Waals surface area contributed by atoms with Crippen molar-refractivity contribution >= 4 is 35.4 Å². The van der Waals surface area contributed by atoms with Crippen LogP contribution in [0.2, 0.25) is 0 Å². The monoisotopic (exact) mass is 379 g/mol. The molecule has 4 rings (SSSR count). The van der Waals surface area contributed by atoms with Crippen molar-refractivity contribution in [2.24, 2.45) is 9.98 Å². The minimum atomic E-state index is -0.0101. The molecule has 0 atom stereocenters. The fraction of sp³-hybridized carbons (Fsp3) is 0.0526. The molecule has 1 aliphatic heterocycles. The molecule has 0 amide bonds. The maximum atomic E-state index is 11.4. The first kappa shape index (κ1) is 16.6. The van der Waals surface area contributed by atoms with Gasteiger partial charge in [-0.3, -0.25) is 9.36 Å². The molecule has 0 saturated carbocycles. The third-order valence-corrected chi connectivity index (χ3v) is 5.27. The van der Waals surface area contributed by atoms with E-state index in [1.807, 2.05) is 24.3 Å². The number of rotatable bonds is 3. The average Bonchev–Trinajstić information content (AvgIpc) is 3.15. The van der Waals surface area contributed by atoms with Gasteiger partial charge in [0.2, 0.25) is 5.88 Å². The van der Waals surface area contributed by atoms with Gasteiger partial charge in [-0.1, -0.05) is 12.1 Å². The molecule has 0 unspecified atom stereocenters. The van der Waals surface area contributed by atoms with Crippen LogP contribution in [-0.2, 0) is 0 Å². The van der Waals surface area contributed by atoms with E-state index in [0.717, 1.165) is 10.7 Å². The molecule has 0 saturated heterocycles. The normalized spacial score (nSPS) is 12.3. The number of hydrogen-bond acceptors (Lipinski definition) is 6. The van der Waals surface area contributed by atoms with E-state index in [4.69, 9.17) is 12.2 Å². The Balaban J connectivity index is 1.76. The zero-order valence-electron chi connectivity index (χ0n) is 13.7. The fourth-order valence-electron chi connectivity index (χ4n) is 2.66. The van der Waals surface area contributed by atoms with Gasteiger partial charge in [-0.05, 0) is 55.5 Å². The van der Waals surface area contributed by atoms with Crippen molar-refractivity contribution in [2.45, 2.75) is 6.92 Å². The van der Waals surface area contributed by atoms with E-state index in [9.17, 15) is 9.90 Å². The van der Waals surface area contributed by atoms with E-state index in [1.165, 1.54) is 18.3 Å². The molecule has 0 spiro atoms. The van der Waals surface area contributed by atoms with E-state index in [1.54, 1.807) is 34.9 Å². The molecule has 0 fully saturated rings. The number of aromatic nitrogens is 1. The molecule has 26 heavy (non-hydrogen) atoms. The number of Topliss-reactive ketones (excluding diaryl/α,β-unsaturated/α-hetero) is 1. The first-order valence-electron chi connectivity index (χ1n) is 7.83. The van der Waals surface area contributed by atoms with Gasteiger partial charge in [-0.25, -0.2) is 9.98 Å². The average molecular weight is 379 g/mol. The second kappa shape index (κ2) is 6.44. The highest BCUT2D eigenvalue weighted by molar-refractivity contribution is 7.73. The maximum absolute atomic E-state index is 11.4. The number of thiazole rings is 1. The van der Waals surface area contributed by atoms with Gasteiger partial charge in [-0.2, -0.15) is 0 Å². The number of nitrogens with zero attached hydrogens (tertiary/aromatic N) is 3. The van der Waals surface area contributed by atoms with Gasteiger partial charge in [0.25, 0.3) is 0 Å². The lowest BCUT2D eigenvalue weighted by Gasteiger charge is -2.05. The standard InChI is InChI=1S/C19H13N3O2S2/c1-11(23)12-6-8-13(9-7-12)22-18(24)16(26-19(22)25)10-17-20-14-4-2-3-5-15(14)21-17/h2-10,24H,1H3. The number of hydrogen-bond donors (Lipinski definition) is 1.